The van der Waals surface area contributed by atoms with Gasteiger partial charge in [0.25, 0.3) is 0 Å². The van der Waals surface area contributed by atoms with E-state index in [4.69, 9.17) is 24.3 Å². The molecule has 0 radical (unpaired) electrons. The molecule has 0 unspecified atom stereocenters. The third-order valence-corrected chi connectivity index (χ3v) is 4.16. The van der Waals surface area contributed by atoms with Crippen LogP contribution in [0, 0.1) is 12.8 Å². The number of aliphatic carboxylic acids is 2. The third kappa shape index (κ3) is 5.42. The topological polar surface area (TPSA) is 104 Å². The van der Waals surface area contributed by atoms with Crippen LogP contribution in [0.2, 0.25) is 0 Å². The first-order valence-electron chi connectivity index (χ1n) is 8.00. The van der Waals surface area contributed by atoms with Gasteiger partial charge in [-0.1, -0.05) is 35.5 Å². The van der Waals surface area contributed by atoms with Crippen LogP contribution < -0.4 is 0 Å². The zero-order valence-corrected chi connectivity index (χ0v) is 14.3. The SMILES string of the molecule is Cc1cc([C@@H]2C[C@H](Cc3ccccc3)CN2C)on1.O=C(O)C(=O)O. The molecular weight excluding hydrogens is 324 g/mol. The van der Waals surface area contributed by atoms with E-state index in [0.717, 1.165) is 30.8 Å². The maximum Gasteiger partial charge on any atom is 0.414 e. The molecule has 7 nitrogen and oxygen atoms in total. The van der Waals surface area contributed by atoms with Gasteiger partial charge in [0.05, 0.1) is 11.7 Å². The van der Waals surface area contributed by atoms with E-state index < -0.39 is 11.9 Å². The Morgan fingerprint density at radius 2 is 1.88 bits per heavy atom. The van der Waals surface area contributed by atoms with Crippen molar-refractivity contribution in [1.29, 1.82) is 0 Å². The average Bonchev–Trinajstić information content (AvgIpc) is 3.14. The Morgan fingerprint density at radius 3 is 2.40 bits per heavy atom. The Hall–Kier alpha value is -2.67. The first-order chi connectivity index (χ1) is 11.9. The van der Waals surface area contributed by atoms with E-state index in [1.807, 2.05) is 6.92 Å². The van der Waals surface area contributed by atoms with Crippen molar-refractivity contribution < 1.29 is 24.3 Å². The highest BCUT2D eigenvalue weighted by Crippen LogP contribution is 2.35. The smallest absolute Gasteiger partial charge is 0.414 e. The van der Waals surface area contributed by atoms with Crippen LogP contribution in [-0.2, 0) is 16.0 Å². The molecule has 1 saturated heterocycles. The summed E-state index contributed by atoms with van der Waals surface area (Å²) >= 11 is 0. The lowest BCUT2D eigenvalue weighted by Gasteiger charge is -2.15. The number of benzene rings is 1. The van der Waals surface area contributed by atoms with Crippen LogP contribution in [-0.4, -0.2) is 45.8 Å². The molecule has 2 aromatic rings. The van der Waals surface area contributed by atoms with Crippen LogP contribution in [0.15, 0.2) is 40.9 Å². The molecule has 3 rings (SSSR count). The monoisotopic (exact) mass is 346 g/mol. The molecule has 2 heterocycles. The van der Waals surface area contributed by atoms with Gasteiger partial charge in [0, 0.05) is 12.6 Å². The van der Waals surface area contributed by atoms with Gasteiger partial charge in [0.15, 0.2) is 5.76 Å². The molecule has 2 N–H and O–H groups in total. The van der Waals surface area contributed by atoms with E-state index in [0.29, 0.717) is 12.0 Å². The number of carbonyl (C=O) groups is 2. The number of carboxylic acids is 2. The first kappa shape index (κ1) is 18.7. The van der Waals surface area contributed by atoms with Gasteiger partial charge in [-0.15, -0.1) is 0 Å². The van der Waals surface area contributed by atoms with Crippen LogP contribution in [0.3, 0.4) is 0 Å². The molecular formula is C18H22N2O5. The van der Waals surface area contributed by atoms with Gasteiger partial charge in [0.2, 0.25) is 0 Å². The van der Waals surface area contributed by atoms with Crippen LogP contribution in [0.5, 0.6) is 0 Å². The van der Waals surface area contributed by atoms with Gasteiger partial charge in [-0.2, -0.15) is 0 Å². The number of hydrogen-bond donors (Lipinski definition) is 2. The average molecular weight is 346 g/mol. The largest absolute Gasteiger partial charge is 0.473 e. The normalized spacial score (nSPS) is 19.9. The molecule has 1 aromatic heterocycles. The predicted molar refractivity (Wildman–Crippen MR) is 90.1 cm³/mol. The van der Waals surface area contributed by atoms with Crippen LogP contribution in [0.1, 0.15) is 29.5 Å². The number of aromatic nitrogens is 1. The van der Waals surface area contributed by atoms with Crippen molar-refractivity contribution in [3.05, 3.63) is 53.4 Å². The van der Waals surface area contributed by atoms with Crippen molar-refractivity contribution in [3.8, 4) is 0 Å². The zero-order valence-electron chi connectivity index (χ0n) is 14.3. The fraction of sp³-hybridized carbons (Fsp3) is 0.389. The lowest BCUT2D eigenvalue weighted by Crippen LogP contribution is -2.18. The van der Waals surface area contributed by atoms with E-state index >= 15 is 0 Å². The van der Waals surface area contributed by atoms with Crippen molar-refractivity contribution in [2.24, 2.45) is 5.92 Å². The number of nitrogens with zero attached hydrogens (tertiary/aromatic N) is 2. The van der Waals surface area contributed by atoms with Crippen LogP contribution in [0.25, 0.3) is 0 Å². The quantitative estimate of drug-likeness (QED) is 0.822. The number of hydrogen-bond acceptors (Lipinski definition) is 5. The standard InChI is InChI=1S/C16H20N2O.C2H2O4/c1-12-8-16(19-17-12)15-10-14(11-18(15)2)9-13-6-4-3-5-7-13;3-1(4)2(5)6/h3-8,14-15H,9-11H2,1-2H3;(H,3,4)(H,5,6)/t14-,15-;/m0./s1. The molecule has 134 valence electrons. The summed E-state index contributed by atoms with van der Waals surface area (Å²) in [6, 6.07) is 13.2. The van der Waals surface area contributed by atoms with E-state index in [2.05, 4.69) is 53.5 Å². The Labute approximate surface area is 145 Å². The third-order valence-electron chi connectivity index (χ3n) is 4.16. The van der Waals surface area contributed by atoms with Crippen molar-refractivity contribution >= 4 is 11.9 Å². The first-order valence-corrected chi connectivity index (χ1v) is 8.00. The number of likely N-dealkylation sites (tertiary alicyclic amines) is 1. The summed E-state index contributed by atoms with van der Waals surface area (Å²) in [4.78, 5) is 20.6. The maximum absolute atomic E-state index is 9.10. The molecule has 0 saturated carbocycles. The Bertz CT molecular complexity index is 701. The van der Waals surface area contributed by atoms with Gasteiger partial charge in [-0.25, -0.2) is 9.59 Å². The molecule has 1 aliphatic rings. The molecule has 0 aliphatic carbocycles. The number of carboxylic acid groups (broad SMARTS) is 2. The Balaban J connectivity index is 0.000000326. The fourth-order valence-corrected chi connectivity index (χ4v) is 3.07. The molecule has 0 amide bonds. The summed E-state index contributed by atoms with van der Waals surface area (Å²) in [6.45, 7) is 3.10. The second-order valence-corrected chi connectivity index (χ2v) is 6.23. The molecule has 1 fully saturated rings. The van der Waals surface area contributed by atoms with Crippen molar-refractivity contribution in [1.82, 2.24) is 10.1 Å². The van der Waals surface area contributed by atoms with E-state index in [9.17, 15) is 0 Å². The van der Waals surface area contributed by atoms with Gasteiger partial charge in [-0.05, 0) is 38.3 Å². The van der Waals surface area contributed by atoms with Gasteiger partial charge in [0.1, 0.15) is 0 Å². The lowest BCUT2D eigenvalue weighted by atomic mass is 9.96. The Kier molecular flexibility index (Phi) is 6.30. The fourth-order valence-electron chi connectivity index (χ4n) is 3.07. The van der Waals surface area contributed by atoms with E-state index in [-0.39, 0.29) is 0 Å². The highest BCUT2D eigenvalue weighted by molar-refractivity contribution is 6.27. The maximum atomic E-state index is 9.10. The molecule has 25 heavy (non-hydrogen) atoms. The highest BCUT2D eigenvalue weighted by atomic mass is 16.5. The summed E-state index contributed by atoms with van der Waals surface area (Å²) in [5.74, 6) is -1.94. The van der Waals surface area contributed by atoms with Crippen molar-refractivity contribution in [2.45, 2.75) is 25.8 Å². The second kappa shape index (κ2) is 8.43. The summed E-state index contributed by atoms with van der Waals surface area (Å²) in [5, 5.41) is 18.8. The van der Waals surface area contributed by atoms with Crippen molar-refractivity contribution in [3.63, 3.8) is 0 Å². The predicted octanol–water partition coefficient (Wildman–Crippen LogP) is 2.37. The zero-order chi connectivity index (χ0) is 18.4. The molecule has 0 bridgehead atoms. The summed E-state index contributed by atoms with van der Waals surface area (Å²) < 4.78 is 5.43. The summed E-state index contributed by atoms with van der Waals surface area (Å²) in [5.41, 5.74) is 2.39. The van der Waals surface area contributed by atoms with E-state index in [1.165, 1.54) is 5.56 Å². The highest BCUT2D eigenvalue weighted by Gasteiger charge is 2.32. The van der Waals surface area contributed by atoms with Crippen LogP contribution >= 0.6 is 0 Å². The second-order valence-electron chi connectivity index (χ2n) is 6.23. The minimum Gasteiger partial charge on any atom is -0.473 e. The van der Waals surface area contributed by atoms with Gasteiger partial charge in [-0.3, -0.25) is 4.90 Å². The lowest BCUT2D eigenvalue weighted by molar-refractivity contribution is -0.159. The van der Waals surface area contributed by atoms with Gasteiger partial charge >= 0.3 is 11.9 Å². The van der Waals surface area contributed by atoms with Crippen LogP contribution in [0.4, 0.5) is 0 Å². The molecule has 7 heteroatoms. The number of rotatable bonds is 3. The minimum absolute atomic E-state index is 0.384. The molecule has 0 spiro atoms. The van der Waals surface area contributed by atoms with E-state index in [1.54, 1.807) is 0 Å². The summed E-state index contributed by atoms with van der Waals surface area (Å²) in [7, 11) is 2.17. The Morgan fingerprint density at radius 1 is 1.24 bits per heavy atom. The minimum atomic E-state index is -1.82. The molecule has 2 atom stereocenters. The summed E-state index contributed by atoms with van der Waals surface area (Å²) in [6.07, 6.45) is 2.30. The van der Waals surface area contributed by atoms with Gasteiger partial charge < -0.3 is 14.7 Å². The molecule has 1 aliphatic heterocycles. The molecule has 1 aromatic carbocycles. The number of aryl methyl sites for hydroxylation is 1. The van der Waals surface area contributed by atoms with Crippen molar-refractivity contribution in [2.75, 3.05) is 13.6 Å².